The average molecular weight is 247 g/mol. The van der Waals surface area contributed by atoms with Gasteiger partial charge in [0.1, 0.15) is 0 Å². The average Bonchev–Trinajstić information content (AvgIpc) is 2.32. The van der Waals surface area contributed by atoms with Crippen molar-refractivity contribution in [1.82, 2.24) is 5.32 Å². The van der Waals surface area contributed by atoms with Gasteiger partial charge in [-0.3, -0.25) is 0 Å². The van der Waals surface area contributed by atoms with Crippen LogP contribution in [-0.4, -0.2) is 18.5 Å². The molecule has 0 spiro atoms. The number of para-hydroxylation sites is 1. The molecule has 0 aliphatic rings. The molecule has 0 aromatic heterocycles. The van der Waals surface area contributed by atoms with Crippen molar-refractivity contribution in [3.63, 3.8) is 0 Å². The lowest BCUT2D eigenvalue weighted by Gasteiger charge is -2.10. The summed E-state index contributed by atoms with van der Waals surface area (Å²) in [6, 6.07) is 6.99. The molecule has 18 heavy (non-hydrogen) atoms. The van der Waals surface area contributed by atoms with Crippen molar-refractivity contribution in [2.45, 2.75) is 13.3 Å². The summed E-state index contributed by atoms with van der Waals surface area (Å²) in [5.74, 6) is -1.30. The molecule has 0 saturated carbocycles. The van der Waals surface area contributed by atoms with Gasteiger partial charge in [-0.1, -0.05) is 24.8 Å². The Hall–Kier alpha value is -2.30. The molecule has 1 rings (SSSR count). The molecule has 0 saturated heterocycles. The van der Waals surface area contributed by atoms with Crippen LogP contribution in [0.4, 0.5) is 10.5 Å². The largest absolute Gasteiger partial charge is 0.545 e. The predicted octanol–water partition coefficient (Wildman–Crippen LogP) is 0.813. The molecule has 0 fully saturated rings. The van der Waals surface area contributed by atoms with Gasteiger partial charge in [0.05, 0.1) is 5.97 Å². The lowest BCUT2D eigenvalue weighted by atomic mass is 10.2. The molecule has 2 N–H and O–H groups in total. The Labute approximate surface area is 106 Å². The zero-order valence-corrected chi connectivity index (χ0v) is 10.2. The third kappa shape index (κ3) is 4.29. The van der Waals surface area contributed by atoms with Gasteiger partial charge in [-0.05, 0) is 30.5 Å². The number of carbonyl (C=O) groups is 2. The summed E-state index contributed by atoms with van der Waals surface area (Å²) in [5, 5.41) is 15.6. The summed E-state index contributed by atoms with van der Waals surface area (Å²) in [7, 11) is 0. The van der Waals surface area contributed by atoms with Crippen molar-refractivity contribution < 1.29 is 14.7 Å². The quantitative estimate of drug-likeness (QED) is 0.755. The molecule has 0 bridgehead atoms. The summed E-state index contributed by atoms with van der Waals surface area (Å²) >= 11 is 0. The van der Waals surface area contributed by atoms with Crippen molar-refractivity contribution in [2.24, 2.45) is 0 Å². The maximum atomic E-state index is 11.5. The Morgan fingerprint density at radius 2 is 2.00 bits per heavy atom. The summed E-state index contributed by atoms with van der Waals surface area (Å²) in [6.07, 6.45) is 0.156. The monoisotopic (exact) mass is 247 g/mol. The molecule has 5 heteroatoms. The number of urea groups is 1. The molecule has 0 heterocycles. The molecule has 1 aromatic rings. The van der Waals surface area contributed by atoms with E-state index < -0.39 is 5.97 Å². The van der Waals surface area contributed by atoms with Crippen LogP contribution in [0.1, 0.15) is 12.0 Å². The minimum atomic E-state index is -1.30. The van der Waals surface area contributed by atoms with Crippen LogP contribution in [0, 0.1) is 6.92 Å². The number of aliphatic carboxylic acids is 1. The number of rotatable bonds is 5. The van der Waals surface area contributed by atoms with Crippen molar-refractivity contribution in [1.29, 1.82) is 0 Å². The Balaban J connectivity index is 2.37. The number of carboxylic acids is 1. The van der Waals surface area contributed by atoms with E-state index in [0.29, 0.717) is 5.69 Å². The molecule has 96 valence electrons. The molecular formula is C13H15N2O3-. The summed E-state index contributed by atoms with van der Waals surface area (Å²) < 4.78 is 0. The van der Waals surface area contributed by atoms with E-state index in [1.165, 1.54) is 0 Å². The van der Waals surface area contributed by atoms with Crippen LogP contribution in [0.2, 0.25) is 0 Å². The third-order valence-corrected chi connectivity index (χ3v) is 2.39. The second kappa shape index (κ2) is 6.44. The number of benzene rings is 1. The molecule has 0 aliphatic carbocycles. The van der Waals surface area contributed by atoms with Gasteiger partial charge in [0.15, 0.2) is 0 Å². The van der Waals surface area contributed by atoms with E-state index in [0.717, 1.165) is 5.56 Å². The first kappa shape index (κ1) is 13.8. The molecule has 1 aromatic carbocycles. The predicted molar refractivity (Wildman–Crippen MR) is 67.0 cm³/mol. The van der Waals surface area contributed by atoms with Crippen LogP contribution in [0.15, 0.2) is 36.4 Å². The van der Waals surface area contributed by atoms with Gasteiger partial charge < -0.3 is 20.5 Å². The number of carboxylic acid groups (broad SMARTS) is 1. The van der Waals surface area contributed by atoms with Crippen LogP contribution in [0.5, 0.6) is 0 Å². The first-order chi connectivity index (χ1) is 8.50. The number of nitrogens with one attached hydrogen (secondary N) is 2. The molecular weight excluding hydrogens is 232 g/mol. The fourth-order valence-corrected chi connectivity index (χ4v) is 1.31. The maximum absolute atomic E-state index is 11.5. The standard InChI is InChI=1S/C13H16N2O3/c1-9-5-3-4-6-11(9)15-13(18)14-8-7-10(2)12(16)17/h3-6H,2,7-8H2,1H3,(H,16,17)(H2,14,15,18)/p-1. The molecule has 5 nitrogen and oxygen atoms in total. The number of amides is 2. The minimum absolute atomic E-state index is 0.0359. The maximum Gasteiger partial charge on any atom is 0.319 e. The van der Waals surface area contributed by atoms with Crippen LogP contribution >= 0.6 is 0 Å². The van der Waals surface area contributed by atoms with Gasteiger partial charge >= 0.3 is 6.03 Å². The minimum Gasteiger partial charge on any atom is -0.545 e. The highest BCUT2D eigenvalue weighted by atomic mass is 16.4. The highest BCUT2D eigenvalue weighted by Gasteiger charge is 2.03. The second-order valence-electron chi connectivity index (χ2n) is 3.84. The van der Waals surface area contributed by atoms with Crippen molar-refractivity contribution >= 4 is 17.7 Å². The van der Waals surface area contributed by atoms with E-state index in [-0.39, 0.29) is 24.6 Å². The highest BCUT2D eigenvalue weighted by Crippen LogP contribution is 2.12. The van der Waals surface area contributed by atoms with E-state index in [2.05, 4.69) is 17.2 Å². The Morgan fingerprint density at radius 1 is 1.33 bits per heavy atom. The first-order valence-corrected chi connectivity index (χ1v) is 5.50. The summed E-state index contributed by atoms with van der Waals surface area (Å²) in [5.41, 5.74) is 1.63. The van der Waals surface area contributed by atoms with E-state index >= 15 is 0 Å². The number of hydrogen-bond acceptors (Lipinski definition) is 3. The first-order valence-electron chi connectivity index (χ1n) is 5.50. The van der Waals surface area contributed by atoms with Crippen LogP contribution < -0.4 is 15.7 Å². The van der Waals surface area contributed by atoms with E-state index in [1.54, 1.807) is 6.07 Å². The zero-order chi connectivity index (χ0) is 13.5. The zero-order valence-electron chi connectivity index (χ0n) is 10.2. The number of anilines is 1. The topological polar surface area (TPSA) is 81.3 Å². The molecule has 0 unspecified atom stereocenters. The molecule has 0 atom stereocenters. The fourth-order valence-electron chi connectivity index (χ4n) is 1.31. The van der Waals surface area contributed by atoms with Crippen LogP contribution in [0.25, 0.3) is 0 Å². The smallest absolute Gasteiger partial charge is 0.319 e. The van der Waals surface area contributed by atoms with Crippen LogP contribution in [0.3, 0.4) is 0 Å². The lowest BCUT2D eigenvalue weighted by Crippen LogP contribution is -2.32. The van der Waals surface area contributed by atoms with Gasteiger partial charge in [0.25, 0.3) is 0 Å². The number of carbonyl (C=O) groups excluding carboxylic acids is 2. The normalized spacial score (nSPS) is 9.61. The van der Waals surface area contributed by atoms with E-state index in [4.69, 9.17) is 0 Å². The summed E-state index contributed by atoms with van der Waals surface area (Å²) in [6.45, 7) is 5.40. The lowest BCUT2D eigenvalue weighted by molar-refractivity contribution is -0.299. The van der Waals surface area contributed by atoms with Gasteiger partial charge in [-0.2, -0.15) is 0 Å². The number of aryl methyl sites for hydroxylation is 1. The molecule has 2 amide bonds. The van der Waals surface area contributed by atoms with Gasteiger partial charge in [-0.15, -0.1) is 0 Å². The number of hydrogen-bond donors (Lipinski definition) is 2. The molecule has 0 radical (unpaired) electrons. The Morgan fingerprint density at radius 3 is 2.61 bits per heavy atom. The Kier molecular flexibility index (Phi) is 4.92. The fraction of sp³-hybridized carbons (Fsp3) is 0.231. The van der Waals surface area contributed by atoms with E-state index in [1.807, 2.05) is 25.1 Å². The van der Waals surface area contributed by atoms with Crippen molar-refractivity contribution in [3.05, 3.63) is 42.0 Å². The summed E-state index contributed by atoms with van der Waals surface area (Å²) in [4.78, 5) is 21.9. The highest BCUT2D eigenvalue weighted by molar-refractivity contribution is 5.90. The Bertz CT molecular complexity index is 469. The van der Waals surface area contributed by atoms with Crippen molar-refractivity contribution in [2.75, 3.05) is 11.9 Å². The third-order valence-electron chi connectivity index (χ3n) is 2.39. The van der Waals surface area contributed by atoms with E-state index in [9.17, 15) is 14.7 Å². The second-order valence-corrected chi connectivity index (χ2v) is 3.84. The van der Waals surface area contributed by atoms with Gasteiger partial charge in [-0.25, -0.2) is 4.79 Å². The van der Waals surface area contributed by atoms with Gasteiger partial charge in [0.2, 0.25) is 0 Å². The van der Waals surface area contributed by atoms with Crippen molar-refractivity contribution in [3.8, 4) is 0 Å². The van der Waals surface area contributed by atoms with Crippen LogP contribution in [-0.2, 0) is 4.79 Å². The SMILES string of the molecule is C=C(CCNC(=O)Nc1ccccc1C)C(=O)[O-]. The molecule has 0 aliphatic heterocycles. The van der Waals surface area contributed by atoms with Gasteiger partial charge in [0, 0.05) is 12.2 Å².